The third kappa shape index (κ3) is 5.61. The number of amides is 2. The molecule has 3 rings (SSSR count). The van der Waals surface area contributed by atoms with Gasteiger partial charge in [0.15, 0.2) is 0 Å². The van der Waals surface area contributed by atoms with Crippen LogP contribution in [0.4, 0.5) is 5.00 Å². The van der Waals surface area contributed by atoms with E-state index in [1.807, 2.05) is 54.6 Å². The number of hydrogen-bond donors (Lipinski definition) is 2. The number of nitrogens with two attached hydrogens (primary N) is 1. The minimum atomic E-state index is -0.549. The minimum Gasteiger partial charge on any atom is -0.366 e. The average Bonchev–Trinajstić information content (AvgIpc) is 3.11. The van der Waals surface area contributed by atoms with Crippen molar-refractivity contribution in [1.82, 2.24) is 0 Å². The molecule has 3 N–H and O–H groups in total. The van der Waals surface area contributed by atoms with E-state index < -0.39 is 5.91 Å². The van der Waals surface area contributed by atoms with E-state index in [4.69, 9.17) is 17.3 Å². The maximum atomic E-state index is 12.3. The molecule has 0 atom stereocenters. The summed E-state index contributed by atoms with van der Waals surface area (Å²) in [5.74, 6) is 0.143. The topological polar surface area (TPSA) is 72.2 Å². The van der Waals surface area contributed by atoms with Crippen molar-refractivity contribution in [2.24, 2.45) is 5.73 Å². The zero-order chi connectivity index (χ0) is 19.9. The molecular weight excluding hydrogens is 412 g/mol. The monoisotopic (exact) mass is 430 g/mol. The molecule has 0 unspecified atom stereocenters. The smallest absolute Gasteiger partial charge is 0.251 e. The van der Waals surface area contributed by atoms with Gasteiger partial charge in [0.05, 0.1) is 5.56 Å². The number of hydrogen-bond acceptors (Lipinski definition) is 4. The first-order chi connectivity index (χ1) is 13.5. The van der Waals surface area contributed by atoms with Crippen LogP contribution in [-0.4, -0.2) is 17.6 Å². The summed E-state index contributed by atoms with van der Waals surface area (Å²) in [5.41, 5.74) is 6.80. The standard InChI is InChI=1S/C21H19ClN2O2S2/c22-15-8-10-16(11-9-15)27-12-4-7-19(25)24-21-17(20(23)26)13-18(28-21)14-5-2-1-3-6-14/h1-3,5-6,8-11,13H,4,7,12H2,(H2,23,26)(H,24,25). The third-order valence-electron chi connectivity index (χ3n) is 3.94. The Morgan fingerprint density at radius 3 is 2.46 bits per heavy atom. The van der Waals surface area contributed by atoms with Crippen LogP contribution < -0.4 is 11.1 Å². The fourth-order valence-corrected chi connectivity index (χ4v) is 4.62. The van der Waals surface area contributed by atoms with Gasteiger partial charge in [-0.3, -0.25) is 9.59 Å². The van der Waals surface area contributed by atoms with E-state index >= 15 is 0 Å². The van der Waals surface area contributed by atoms with Crippen LogP contribution in [0.2, 0.25) is 5.02 Å². The van der Waals surface area contributed by atoms with Gasteiger partial charge in [-0.2, -0.15) is 0 Å². The van der Waals surface area contributed by atoms with Crippen molar-refractivity contribution in [3.05, 3.63) is 71.2 Å². The van der Waals surface area contributed by atoms with Crippen LogP contribution in [-0.2, 0) is 4.79 Å². The van der Waals surface area contributed by atoms with Crippen LogP contribution in [0.25, 0.3) is 10.4 Å². The summed E-state index contributed by atoms with van der Waals surface area (Å²) in [5, 5.41) is 4.05. The largest absolute Gasteiger partial charge is 0.366 e. The zero-order valence-corrected chi connectivity index (χ0v) is 17.4. The first-order valence-electron chi connectivity index (χ1n) is 8.70. The minimum absolute atomic E-state index is 0.124. The molecule has 0 fully saturated rings. The summed E-state index contributed by atoms with van der Waals surface area (Å²) in [6.07, 6.45) is 1.10. The fourth-order valence-electron chi connectivity index (χ4n) is 2.55. The number of anilines is 1. The number of benzene rings is 2. The second-order valence-corrected chi connectivity index (χ2v) is 8.69. The molecule has 1 aromatic heterocycles. The summed E-state index contributed by atoms with van der Waals surface area (Å²) in [6, 6.07) is 19.0. The highest BCUT2D eigenvalue weighted by atomic mass is 35.5. The van der Waals surface area contributed by atoms with Crippen LogP contribution in [0.15, 0.2) is 65.6 Å². The Bertz CT molecular complexity index is 956. The number of primary amides is 1. The number of thioether (sulfide) groups is 1. The van der Waals surface area contributed by atoms with Crippen molar-refractivity contribution in [3.8, 4) is 10.4 Å². The molecule has 0 bridgehead atoms. The average molecular weight is 431 g/mol. The number of rotatable bonds is 8. The molecule has 7 heteroatoms. The van der Waals surface area contributed by atoms with Crippen molar-refractivity contribution < 1.29 is 9.59 Å². The Hall–Kier alpha value is -2.28. The van der Waals surface area contributed by atoms with Gasteiger partial charge in [-0.1, -0.05) is 41.9 Å². The predicted octanol–water partition coefficient (Wildman–Crippen LogP) is 5.68. The van der Waals surface area contributed by atoms with Crippen LogP contribution in [0.5, 0.6) is 0 Å². The molecule has 4 nitrogen and oxygen atoms in total. The van der Waals surface area contributed by atoms with Gasteiger partial charge in [-0.15, -0.1) is 23.1 Å². The van der Waals surface area contributed by atoms with Gasteiger partial charge in [0, 0.05) is 21.2 Å². The van der Waals surface area contributed by atoms with Crippen molar-refractivity contribution >= 4 is 51.5 Å². The van der Waals surface area contributed by atoms with E-state index in [9.17, 15) is 9.59 Å². The Morgan fingerprint density at radius 2 is 1.79 bits per heavy atom. The highest BCUT2D eigenvalue weighted by Gasteiger charge is 2.16. The number of carbonyl (C=O) groups excluding carboxylic acids is 2. The van der Waals surface area contributed by atoms with E-state index in [2.05, 4.69) is 5.32 Å². The molecule has 0 saturated carbocycles. The fraction of sp³-hybridized carbons (Fsp3) is 0.143. The molecule has 0 radical (unpaired) electrons. The molecule has 0 saturated heterocycles. The third-order valence-corrected chi connectivity index (χ3v) is 6.39. The molecule has 0 spiro atoms. The summed E-state index contributed by atoms with van der Waals surface area (Å²) in [4.78, 5) is 26.1. The highest BCUT2D eigenvalue weighted by Crippen LogP contribution is 2.35. The predicted molar refractivity (Wildman–Crippen MR) is 118 cm³/mol. The van der Waals surface area contributed by atoms with Crippen molar-refractivity contribution in [2.45, 2.75) is 17.7 Å². The van der Waals surface area contributed by atoms with Gasteiger partial charge in [-0.05, 0) is 48.1 Å². The van der Waals surface area contributed by atoms with Gasteiger partial charge >= 0.3 is 0 Å². The number of carbonyl (C=O) groups is 2. The summed E-state index contributed by atoms with van der Waals surface area (Å²) in [7, 11) is 0. The second kappa shape index (κ2) is 9.78. The Labute approximate surface area is 177 Å². The molecule has 1 heterocycles. The molecule has 0 aliphatic heterocycles. The number of thiophene rings is 1. The lowest BCUT2D eigenvalue weighted by Gasteiger charge is -2.05. The van der Waals surface area contributed by atoms with Gasteiger partial charge in [0.2, 0.25) is 5.91 Å². The number of halogens is 1. The molecular formula is C21H19ClN2O2S2. The van der Waals surface area contributed by atoms with Gasteiger partial charge in [0.1, 0.15) is 5.00 Å². The maximum Gasteiger partial charge on any atom is 0.251 e. The summed E-state index contributed by atoms with van der Waals surface area (Å²) >= 11 is 8.91. The van der Waals surface area contributed by atoms with Crippen molar-refractivity contribution in [2.75, 3.05) is 11.1 Å². The summed E-state index contributed by atoms with van der Waals surface area (Å²) < 4.78 is 0. The molecule has 2 amide bonds. The number of nitrogens with one attached hydrogen (secondary N) is 1. The quantitative estimate of drug-likeness (QED) is 0.356. The van der Waals surface area contributed by atoms with Gasteiger partial charge in [-0.25, -0.2) is 0 Å². The lowest BCUT2D eigenvalue weighted by Crippen LogP contribution is -2.16. The summed E-state index contributed by atoms with van der Waals surface area (Å²) in [6.45, 7) is 0. The first-order valence-corrected chi connectivity index (χ1v) is 10.9. The molecule has 0 aliphatic carbocycles. The SMILES string of the molecule is NC(=O)c1cc(-c2ccccc2)sc1NC(=O)CCCSc1ccc(Cl)cc1. The van der Waals surface area contributed by atoms with Crippen LogP contribution in [0.1, 0.15) is 23.2 Å². The van der Waals surface area contributed by atoms with Gasteiger partial charge < -0.3 is 11.1 Å². The molecule has 144 valence electrons. The Morgan fingerprint density at radius 1 is 1.07 bits per heavy atom. The highest BCUT2D eigenvalue weighted by molar-refractivity contribution is 7.99. The molecule has 0 aliphatic rings. The Kier molecular flexibility index (Phi) is 7.14. The molecule has 2 aromatic carbocycles. The van der Waals surface area contributed by atoms with E-state index in [0.717, 1.165) is 27.5 Å². The van der Waals surface area contributed by atoms with Crippen LogP contribution in [0, 0.1) is 0 Å². The van der Waals surface area contributed by atoms with Gasteiger partial charge in [0.25, 0.3) is 5.91 Å². The van der Waals surface area contributed by atoms with E-state index in [1.165, 1.54) is 11.3 Å². The Balaban J connectivity index is 1.56. The zero-order valence-electron chi connectivity index (χ0n) is 15.0. The van der Waals surface area contributed by atoms with E-state index in [0.29, 0.717) is 22.0 Å². The first kappa shape index (κ1) is 20.5. The molecule has 28 heavy (non-hydrogen) atoms. The van der Waals surface area contributed by atoms with Crippen LogP contribution in [0.3, 0.4) is 0 Å². The second-order valence-electron chi connectivity index (χ2n) is 6.04. The van der Waals surface area contributed by atoms with E-state index in [-0.39, 0.29) is 5.91 Å². The van der Waals surface area contributed by atoms with Crippen LogP contribution >= 0.6 is 34.7 Å². The maximum absolute atomic E-state index is 12.3. The lowest BCUT2D eigenvalue weighted by atomic mass is 10.1. The molecule has 3 aromatic rings. The normalized spacial score (nSPS) is 10.6. The lowest BCUT2D eigenvalue weighted by molar-refractivity contribution is -0.116. The van der Waals surface area contributed by atoms with E-state index in [1.54, 1.807) is 17.8 Å². The van der Waals surface area contributed by atoms with Crippen molar-refractivity contribution in [1.29, 1.82) is 0 Å². The van der Waals surface area contributed by atoms with Crippen molar-refractivity contribution in [3.63, 3.8) is 0 Å².